The van der Waals surface area contributed by atoms with Gasteiger partial charge in [0.15, 0.2) is 30.1 Å². The first-order valence-electron chi connectivity index (χ1n) is 11.7. The van der Waals surface area contributed by atoms with E-state index in [0.29, 0.717) is 42.2 Å². The number of aromatic nitrogens is 1. The van der Waals surface area contributed by atoms with Crippen LogP contribution >= 0.6 is 0 Å². The number of benzene rings is 2. The van der Waals surface area contributed by atoms with Gasteiger partial charge in [-0.05, 0) is 36.8 Å². The molecule has 0 fully saturated rings. The molecule has 3 aromatic heterocycles. The first kappa shape index (κ1) is 23.1. The summed E-state index contributed by atoms with van der Waals surface area (Å²) < 4.78 is 19.0. The van der Waals surface area contributed by atoms with Crippen LogP contribution < -0.4 is 20.2 Å². The fourth-order valence-corrected chi connectivity index (χ4v) is 3.88. The Morgan fingerprint density at radius 1 is 1.00 bits per heavy atom. The van der Waals surface area contributed by atoms with Gasteiger partial charge in [0.25, 0.3) is 0 Å². The predicted molar refractivity (Wildman–Crippen MR) is 138 cm³/mol. The third-order valence-corrected chi connectivity index (χ3v) is 5.75. The average Bonchev–Trinajstić information content (AvgIpc) is 3.35. The van der Waals surface area contributed by atoms with E-state index in [1.165, 1.54) is 17.7 Å². The van der Waals surface area contributed by atoms with Crippen molar-refractivity contribution in [2.75, 3.05) is 11.9 Å². The fraction of sp³-hybridized carbons (Fsp3) is 0.138. The van der Waals surface area contributed by atoms with Crippen LogP contribution in [0.25, 0.3) is 28.0 Å². The Kier molecular flexibility index (Phi) is 6.62. The van der Waals surface area contributed by atoms with Gasteiger partial charge in [-0.3, -0.25) is 4.79 Å². The maximum absolute atomic E-state index is 12.2. The molecule has 5 rings (SSSR count). The molecule has 0 aliphatic carbocycles. The zero-order valence-corrected chi connectivity index (χ0v) is 19.8. The van der Waals surface area contributed by atoms with Crippen LogP contribution in [-0.2, 0) is 11.3 Å². The Morgan fingerprint density at radius 2 is 1.78 bits per heavy atom. The number of pyridine rings is 1. The number of nitrogens with zero attached hydrogens (tertiary/aromatic N) is 1. The number of aryl methyl sites for hydroxylation is 2. The second-order valence-electron chi connectivity index (χ2n) is 8.48. The summed E-state index contributed by atoms with van der Waals surface area (Å²) in [5, 5.41) is 4.52. The number of hydrogen-bond acceptors (Lipinski definition) is 5. The maximum Gasteiger partial charge on any atom is 0.336 e. The fourth-order valence-electron chi connectivity index (χ4n) is 3.88. The first-order chi connectivity index (χ1) is 17.5. The molecule has 0 radical (unpaired) electrons. The van der Waals surface area contributed by atoms with E-state index in [1.807, 2.05) is 72.4 Å². The summed E-state index contributed by atoms with van der Waals surface area (Å²) in [5.74, 6) is 0.250. The van der Waals surface area contributed by atoms with Crippen molar-refractivity contribution in [3.05, 3.63) is 107 Å². The van der Waals surface area contributed by atoms with E-state index in [4.69, 9.17) is 13.6 Å². The molecule has 0 unspecified atom stereocenters. The van der Waals surface area contributed by atoms with E-state index in [-0.39, 0.29) is 5.91 Å². The maximum atomic E-state index is 12.2. The third-order valence-electron chi connectivity index (χ3n) is 5.75. The van der Waals surface area contributed by atoms with Gasteiger partial charge in [-0.25, -0.2) is 9.36 Å². The average molecular weight is 482 g/mol. The SMILES string of the molecule is Cc1ccc(/C=C/C(=O)Nc2cc[n+](CCCOc3c4occc4cc4ccc(=O)oc34)cc2)cc1. The number of rotatable bonds is 8. The normalized spacial score (nSPS) is 11.4. The summed E-state index contributed by atoms with van der Waals surface area (Å²) >= 11 is 0. The highest BCUT2D eigenvalue weighted by atomic mass is 16.5. The largest absolute Gasteiger partial charge is 0.486 e. The Morgan fingerprint density at radius 3 is 2.58 bits per heavy atom. The molecule has 3 heterocycles. The van der Waals surface area contributed by atoms with Gasteiger partial charge >= 0.3 is 5.63 Å². The Balaban J connectivity index is 1.16. The molecule has 7 heteroatoms. The third kappa shape index (κ3) is 5.36. The Labute approximate surface area is 207 Å². The number of nitrogens with one attached hydrogen (secondary N) is 1. The zero-order valence-electron chi connectivity index (χ0n) is 19.8. The minimum atomic E-state index is -0.438. The lowest BCUT2D eigenvalue weighted by Crippen LogP contribution is -2.33. The van der Waals surface area contributed by atoms with E-state index in [9.17, 15) is 9.59 Å². The van der Waals surface area contributed by atoms with Crippen LogP contribution in [0, 0.1) is 6.92 Å². The lowest BCUT2D eigenvalue weighted by molar-refractivity contribution is -0.697. The summed E-state index contributed by atoms with van der Waals surface area (Å²) in [5.41, 5.74) is 3.37. The van der Waals surface area contributed by atoms with Crippen molar-refractivity contribution >= 4 is 39.6 Å². The summed E-state index contributed by atoms with van der Waals surface area (Å²) in [6.45, 7) is 3.14. The van der Waals surface area contributed by atoms with Gasteiger partial charge in [-0.1, -0.05) is 29.8 Å². The predicted octanol–water partition coefficient (Wildman–Crippen LogP) is 5.26. The van der Waals surface area contributed by atoms with Crippen molar-refractivity contribution in [1.82, 2.24) is 0 Å². The molecule has 180 valence electrons. The van der Waals surface area contributed by atoms with Crippen molar-refractivity contribution in [1.29, 1.82) is 0 Å². The number of fused-ring (bicyclic) bond motifs is 2. The molecule has 1 amide bonds. The lowest BCUT2D eigenvalue weighted by Gasteiger charge is -2.08. The van der Waals surface area contributed by atoms with Gasteiger partial charge in [-0.2, -0.15) is 0 Å². The van der Waals surface area contributed by atoms with Crippen LogP contribution in [0.1, 0.15) is 17.5 Å². The van der Waals surface area contributed by atoms with Crippen molar-refractivity contribution in [3.8, 4) is 5.75 Å². The molecule has 36 heavy (non-hydrogen) atoms. The smallest absolute Gasteiger partial charge is 0.336 e. The number of furan rings is 1. The monoisotopic (exact) mass is 481 g/mol. The highest BCUT2D eigenvalue weighted by Crippen LogP contribution is 2.34. The van der Waals surface area contributed by atoms with Gasteiger partial charge in [-0.15, -0.1) is 0 Å². The molecule has 0 aliphatic heterocycles. The van der Waals surface area contributed by atoms with Crippen molar-refractivity contribution in [3.63, 3.8) is 0 Å². The number of ether oxygens (including phenoxy) is 1. The topological polar surface area (TPSA) is 85.6 Å². The number of carbonyl (C=O) groups excluding carboxylic acids is 1. The molecule has 0 bridgehead atoms. The second-order valence-corrected chi connectivity index (χ2v) is 8.48. The van der Waals surface area contributed by atoms with Crippen LogP contribution in [0.2, 0.25) is 0 Å². The molecular weight excluding hydrogens is 456 g/mol. The minimum Gasteiger partial charge on any atom is -0.486 e. The highest BCUT2D eigenvalue weighted by Gasteiger charge is 2.15. The summed E-state index contributed by atoms with van der Waals surface area (Å²) in [6.07, 6.45) is 9.42. The van der Waals surface area contributed by atoms with Crippen LogP contribution in [0.3, 0.4) is 0 Å². The zero-order chi connectivity index (χ0) is 24.9. The summed E-state index contributed by atoms with van der Waals surface area (Å²) in [7, 11) is 0. The molecule has 0 atom stereocenters. The summed E-state index contributed by atoms with van der Waals surface area (Å²) in [4.78, 5) is 24.0. The number of carbonyl (C=O) groups is 1. The van der Waals surface area contributed by atoms with Crippen LogP contribution in [0.5, 0.6) is 5.75 Å². The number of amides is 1. The molecular formula is C29H25N2O5+. The molecule has 0 saturated heterocycles. The standard InChI is InChI=1S/C29H24N2O5/c1-20-3-5-21(6-4-20)7-9-25(32)30-24-11-15-31(16-12-24)14-2-17-34-29-27-23(13-18-35-27)19-22-8-10-26(33)36-28(22)29/h3-13,15-16,18-19H,2,14,17H2,1H3/p+1/b9-7+. The molecule has 2 aromatic carbocycles. The van der Waals surface area contributed by atoms with Crippen LogP contribution in [0.4, 0.5) is 5.69 Å². The quantitative estimate of drug-likeness (QED) is 0.142. The van der Waals surface area contributed by atoms with E-state index < -0.39 is 5.63 Å². The molecule has 7 nitrogen and oxygen atoms in total. The first-order valence-corrected chi connectivity index (χ1v) is 11.7. The second kappa shape index (κ2) is 10.3. The van der Waals surface area contributed by atoms with Gasteiger partial charge in [0.1, 0.15) is 0 Å². The van der Waals surface area contributed by atoms with Crippen molar-refractivity contribution in [2.24, 2.45) is 0 Å². The summed E-state index contributed by atoms with van der Waals surface area (Å²) in [6, 6.07) is 18.5. The van der Waals surface area contributed by atoms with Gasteiger partial charge in [0.05, 0.1) is 18.6 Å². The highest BCUT2D eigenvalue weighted by molar-refractivity contribution is 6.02. The Bertz CT molecular complexity index is 1600. The molecule has 0 spiro atoms. The van der Waals surface area contributed by atoms with Crippen molar-refractivity contribution < 1.29 is 22.9 Å². The van der Waals surface area contributed by atoms with Crippen molar-refractivity contribution in [2.45, 2.75) is 19.9 Å². The van der Waals surface area contributed by atoms with Gasteiger partial charge in [0, 0.05) is 41.5 Å². The minimum absolute atomic E-state index is 0.187. The van der Waals surface area contributed by atoms with E-state index >= 15 is 0 Å². The lowest BCUT2D eigenvalue weighted by atomic mass is 10.1. The van der Waals surface area contributed by atoms with Gasteiger partial charge < -0.3 is 18.9 Å². The van der Waals surface area contributed by atoms with Crippen LogP contribution in [-0.4, -0.2) is 12.5 Å². The molecule has 1 N–H and O–H groups in total. The van der Waals surface area contributed by atoms with E-state index in [2.05, 4.69) is 5.32 Å². The molecule has 0 aliphatic rings. The van der Waals surface area contributed by atoms with Gasteiger partial charge in [0.2, 0.25) is 11.7 Å². The Hall–Kier alpha value is -4.65. The number of anilines is 1. The molecule has 0 saturated carbocycles. The number of hydrogen-bond donors (Lipinski definition) is 1. The van der Waals surface area contributed by atoms with Crippen LogP contribution in [0.15, 0.2) is 99.0 Å². The van der Waals surface area contributed by atoms with E-state index in [1.54, 1.807) is 18.4 Å². The molecule has 5 aromatic rings. The van der Waals surface area contributed by atoms with E-state index in [0.717, 1.165) is 16.3 Å².